The second-order valence-electron chi connectivity index (χ2n) is 4.97. The van der Waals surface area contributed by atoms with Crippen molar-refractivity contribution in [3.63, 3.8) is 0 Å². The summed E-state index contributed by atoms with van der Waals surface area (Å²) < 4.78 is 32.5. The number of rotatable bonds is 5. The van der Waals surface area contributed by atoms with Gasteiger partial charge in [-0.05, 0) is 18.2 Å². The van der Waals surface area contributed by atoms with E-state index in [2.05, 4.69) is 10.9 Å². The summed E-state index contributed by atoms with van der Waals surface area (Å²) in [6.07, 6.45) is 3.10. The number of nitrogens with one attached hydrogen (secondary N) is 2. The summed E-state index contributed by atoms with van der Waals surface area (Å²) in [5, 5.41) is 13.9. The number of carbonyl (C=O) groups is 2. The van der Waals surface area contributed by atoms with E-state index >= 15 is 0 Å². The van der Waals surface area contributed by atoms with Gasteiger partial charge in [0.2, 0.25) is 5.91 Å². The Morgan fingerprint density at radius 2 is 2.08 bits per heavy atom. The summed E-state index contributed by atoms with van der Waals surface area (Å²) in [5.41, 5.74) is 3.04. The first-order valence-electron chi connectivity index (χ1n) is 6.75. The van der Waals surface area contributed by atoms with E-state index in [9.17, 15) is 22.6 Å². The van der Waals surface area contributed by atoms with Gasteiger partial charge in [0.25, 0.3) is 10.1 Å². The molecule has 0 saturated heterocycles. The maximum atomic E-state index is 11.6. The summed E-state index contributed by atoms with van der Waals surface area (Å²) in [6.45, 7) is 1.26. The molecule has 0 fully saturated rings. The molecule has 11 heteroatoms. The van der Waals surface area contributed by atoms with Gasteiger partial charge in [-0.15, -0.1) is 0 Å². The monoisotopic (exact) mass is 356 g/mol. The molecule has 0 unspecified atom stereocenters. The lowest BCUT2D eigenvalue weighted by Gasteiger charge is -2.33. The van der Waals surface area contributed by atoms with Crippen LogP contribution in [0.4, 0.5) is 11.4 Å². The number of nitrogens with zero attached hydrogens (tertiary/aromatic N) is 2. The molecule has 1 aliphatic heterocycles. The Kier molecular flexibility index (Phi) is 5.19. The minimum absolute atomic E-state index is 0.0232. The van der Waals surface area contributed by atoms with E-state index in [4.69, 9.17) is 5.11 Å². The van der Waals surface area contributed by atoms with Crippen LogP contribution in [0.5, 0.6) is 0 Å². The molecule has 0 bridgehead atoms. The van der Waals surface area contributed by atoms with Crippen LogP contribution >= 0.6 is 0 Å². The number of amides is 1. The average molecular weight is 356 g/mol. The van der Waals surface area contributed by atoms with Crippen LogP contribution in [0.3, 0.4) is 0 Å². The largest absolute Gasteiger partial charge is 0.480 e. The van der Waals surface area contributed by atoms with Gasteiger partial charge in [-0.25, -0.2) is 5.01 Å². The Morgan fingerprint density at radius 3 is 2.67 bits per heavy atom. The van der Waals surface area contributed by atoms with Crippen LogP contribution in [0, 0.1) is 0 Å². The van der Waals surface area contributed by atoms with E-state index in [1.54, 1.807) is 6.08 Å². The van der Waals surface area contributed by atoms with E-state index in [1.807, 2.05) is 0 Å². The van der Waals surface area contributed by atoms with Crippen LogP contribution < -0.4 is 15.9 Å². The molecule has 10 nitrogen and oxygen atoms in total. The van der Waals surface area contributed by atoms with Gasteiger partial charge in [0.05, 0.1) is 5.69 Å². The smallest absolute Gasteiger partial charge is 0.319 e. The first-order chi connectivity index (χ1) is 11.2. The summed E-state index contributed by atoms with van der Waals surface area (Å²) in [7, 11) is -4.53. The molecule has 1 aliphatic rings. The summed E-state index contributed by atoms with van der Waals surface area (Å²) in [5.74, 6) is -1.42. The third kappa shape index (κ3) is 4.52. The molecule has 0 atom stereocenters. The summed E-state index contributed by atoms with van der Waals surface area (Å²) >= 11 is 0. The standard InChI is InChI=1S/C13H16N4O6S/c1-9(18)14-10-3-4-12(24(21,22)23)11(7-10)17-6-2-5-16(15-17)8-13(19)20/h2-4,6-7,15H,5,8H2,1H3,(H,14,18)(H,19,20)(H,21,22,23). The molecule has 24 heavy (non-hydrogen) atoms. The molecule has 2 rings (SSSR count). The molecule has 1 heterocycles. The minimum Gasteiger partial charge on any atom is -0.480 e. The minimum atomic E-state index is -4.53. The van der Waals surface area contributed by atoms with Crippen molar-refractivity contribution in [3.8, 4) is 0 Å². The van der Waals surface area contributed by atoms with E-state index < -0.39 is 21.0 Å². The van der Waals surface area contributed by atoms with E-state index in [1.165, 1.54) is 35.3 Å². The van der Waals surface area contributed by atoms with Crippen molar-refractivity contribution in [2.45, 2.75) is 11.8 Å². The fourth-order valence-electron chi connectivity index (χ4n) is 2.11. The van der Waals surface area contributed by atoms with E-state index in [0.717, 1.165) is 6.07 Å². The Bertz CT molecular complexity index is 792. The molecule has 0 aromatic heterocycles. The third-order valence-corrected chi connectivity index (χ3v) is 3.87. The second kappa shape index (κ2) is 6.97. The van der Waals surface area contributed by atoms with Crippen LogP contribution in [-0.2, 0) is 19.7 Å². The van der Waals surface area contributed by atoms with Crippen LogP contribution in [0.15, 0.2) is 35.4 Å². The lowest BCUT2D eigenvalue weighted by molar-refractivity contribution is -0.139. The van der Waals surface area contributed by atoms with Gasteiger partial charge in [0, 0.05) is 25.4 Å². The van der Waals surface area contributed by atoms with Crippen molar-refractivity contribution in [1.29, 1.82) is 0 Å². The fourth-order valence-corrected chi connectivity index (χ4v) is 2.77. The highest BCUT2D eigenvalue weighted by molar-refractivity contribution is 7.86. The number of hydrogen-bond donors (Lipinski definition) is 4. The summed E-state index contributed by atoms with van der Waals surface area (Å²) in [4.78, 5) is 21.6. The Morgan fingerprint density at radius 1 is 1.38 bits per heavy atom. The van der Waals surface area contributed by atoms with E-state index in [-0.39, 0.29) is 24.7 Å². The first-order valence-corrected chi connectivity index (χ1v) is 8.19. The van der Waals surface area contributed by atoms with Gasteiger partial charge in [0.15, 0.2) is 0 Å². The lowest BCUT2D eigenvalue weighted by Crippen LogP contribution is -2.52. The number of aliphatic carboxylic acids is 1. The maximum Gasteiger partial charge on any atom is 0.319 e. The van der Waals surface area contributed by atoms with Crippen LogP contribution in [0.2, 0.25) is 0 Å². The predicted octanol–water partition coefficient (Wildman–Crippen LogP) is 0.0316. The van der Waals surface area contributed by atoms with Crippen LogP contribution in [-0.4, -0.2) is 48.1 Å². The molecule has 0 aliphatic carbocycles. The maximum absolute atomic E-state index is 11.6. The topological polar surface area (TPSA) is 139 Å². The number of hydrogen-bond acceptors (Lipinski definition) is 7. The zero-order valence-corrected chi connectivity index (χ0v) is 13.4. The predicted molar refractivity (Wildman–Crippen MR) is 84.5 cm³/mol. The van der Waals surface area contributed by atoms with Crippen molar-refractivity contribution in [2.24, 2.45) is 0 Å². The van der Waals surface area contributed by atoms with Crippen LogP contribution in [0.25, 0.3) is 0 Å². The van der Waals surface area contributed by atoms with Gasteiger partial charge in [-0.3, -0.25) is 19.2 Å². The average Bonchev–Trinajstić information content (AvgIpc) is 2.45. The number of carboxylic acid groups (broad SMARTS) is 1. The SMILES string of the molecule is CC(=O)Nc1ccc(S(=O)(=O)O)c(N2C=CCN(CC(=O)O)N2)c1. The molecule has 1 amide bonds. The van der Waals surface area contributed by atoms with Crippen molar-refractivity contribution in [3.05, 3.63) is 30.5 Å². The fraction of sp³-hybridized carbons (Fsp3) is 0.231. The normalized spacial score (nSPS) is 15.3. The summed E-state index contributed by atoms with van der Waals surface area (Å²) in [6, 6.07) is 3.81. The molecule has 0 saturated carbocycles. The van der Waals surface area contributed by atoms with Crippen molar-refractivity contribution in [1.82, 2.24) is 10.5 Å². The molecule has 4 N–H and O–H groups in total. The van der Waals surface area contributed by atoms with Gasteiger partial charge in [0.1, 0.15) is 11.4 Å². The second-order valence-corrected chi connectivity index (χ2v) is 6.36. The van der Waals surface area contributed by atoms with Gasteiger partial charge in [-0.2, -0.15) is 14.0 Å². The number of benzene rings is 1. The number of anilines is 2. The zero-order chi connectivity index (χ0) is 17.9. The van der Waals surface area contributed by atoms with Crippen molar-refractivity contribution in [2.75, 3.05) is 23.4 Å². The molecular weight excluding hydrogens is 340 g/mol. The van der Waals surface area contributed by atoms with Gasteiger partial charge >= 0.3 is 5.97 Å². The highest BCUT2D eigenvalue weighted by Gasteiger charge is 2.23. The Balaban J connectivity index is 2.42. The Labute approximate surface area is 138 Å². The van der Waals surface area contributed by atoms with Gasteiger partial charge < -0.3 is 10.4 Å². The van der Waals surface area contributed by atoms with Crippen molar-refractivity contribution >= 4 is 33.4 Å². The van der Waals surface area contributed by atoms with Gasteiger partial charge in [-0.1, -0.05) is 6.08 Å². The molecule has 1 aromatic rings. The zero-order valence-electron chi connectivity index (χ0n) is 12.6. The highest BCUT2D eigenvalue weighted by atomic mass is 32.2. The highest BCUT2D eigenvalue weighted by Crippen LogP contribution is 2.29. The molecule has 130 valence electrons. The Hall–Kier alpha value is -2.47. The number of hydrazine groups is 2. The molecule has 0 radical (unpaired) electrons. The molecule has 1 aromatic carbocycles. The van der Waals surface area contributed by atoms with E-state index in [0.29, 0.717) is 5.69 Å². The van der Waals surface area contributed by atoms with Crippen molar-refractivity contribution < 1.29 is 27.7 Å². The third-order valence-electron chi connectivity index (χ3n) is 2.97. The molecular formula is C13H16N4O6S. The molecule has 0 spiro atoms. The van der Waals surface area contributed by atoms with Crippen LogP contribution in [0.1, 0.15) is 6.92 Å². The lowest BCUT2D eigenvalue weighted by atomic mass is 10.2. The quantitative estimate of drug-likeness (QED) is 0.538. The number of carbonyl (C=O) groups excluding carboxylic acids is 1. The number of carboxylic acids is 1. The first kappa shape index (κ1) is 17.9.